The van der Waals surface area contributed by atoms with E-state index in [4.69, 9.17) is 5.73 Å². The van der Waals surface area contributed by atoms with E-state index < -0.39 is 23.6 Å². The number of alkyl halides is 3. The Balaban J connectivity index is 2.28. The topological polar surface area (TPSA) is 81.4 Å². The number of hydrogen-bond donors (Lipinski definition) is 2. The molecule has 0 fully saturated rings. The van der Waals surface area contributed by atoms with Gasteiger partial charge in [0.1, 0.15) is 5.75 Å². The predicted molar refractivity (Wildman–Crippen MR) is 87.5 cm³/mol. The minimum Gasteiger partial charge on any atom is -0.405 e. The van der Waals surface area contributed by atoms with Gasteiger partial charge in [-0.1, -0.05) is 11.8 Å². The molecule has 5 nitrogen and oxygen atoms in total. The standard InChI is InChI=1S/C18H13F3N2O3/c1-23-17(25)13-7-4-11(5-8-13)2-3-12-6-9-15(26-18(19,20)21)14(10-12)16(22)24/h4-10H,1H3,(H2,22,24)(H,23,25). The van der Waals surface area contributed by atoms with E-state index in [-0.39, 0.29) is 11.5 Å². The van der Waals surface area contributed by atoms with Gasteiger partial charge in [0.15, 0.2) is 0 Å². The molecule has 0 aromatic heterocycles. The van der Waals surface area contributed by atoms with E-state index in [9.17, 15) is 22.8 Å². The van der Waals surface area contributed by atoms with Gasteiger partial charge in [-0.05, 0) is 42.5 Å². The summed E-state index contributed by atoms with van der Waals surface area (Å²) in [7, 11) is 1.51. The van der Waals surface area contributed by atoms with Gasteiger partial charge >= 0.3 is 6.36 Å². The number of nitrogens with two attached hydrogens (primary N) is 1. The molecular formula is C18H13F3N2O3. The Labute approximate surface area is 147 Å². The van der Waals surface area contributed by atoms with Crippen molar-refractivity contribution in [2.24, 2.45) is 5.73 Å². The van der Waals surface area contributed by atoms with Crippen LogP contribution < -0.4 is 15.8 Å². The second-order valence-electron chi connectivity index (χ2n) is 5.03. The summed E-state index contributed by atoms with van der Waals surface area (Å²) in [5.41, 5.74) is 5.99. The lowest BCUT2D eigenvalue weighted by atomic mass is 10.1. The number of halogens is 3. The first-order valence-corrected chi connectivity index (χ1v) is 7.23. The van der Waals surface area contributed by atoms with Crippen molar-refractivity contribution in [1.82, 2.24) is 5.32 Å². The zero-order chi connectivity index (χ0) is 19.3. The van der Waals surface area contributed by atoms with Crippen LogP contribution in [0.1, 0.15) is 31.8 Å². The van der Waals surface area contributed by atoms with Crippen LogP contribution in [0.2, 0.25) is 0 Å². The lowest BCUT2D eigenvalue weighted by Crippen LogP contribution is -2.21. The minimum atomic E-state index is -4.94. The molecular weight excluding hydrogens is 349 g/mol. The van der Waals surface area contributed by atoms with Crippen LogP contribution in [0, 0.1) is 11.8 Å². The van der Waals surface area contributed by atoms with Crippen LogP contribution in [0.25, 0.3) is 0 Å². The van der Waals surface area contributed by atoms with Gasteiger partial charge in [0, 0.05) is 23.7 Å². The summed E-state index contributed by atoms with van der Waals surface area (Å²) < 4.78 is 40.8. The van der Waals surface area contributed by atoms with Crippen molar-refractivity contribution in [3.8, 4) is 17.6 Å². The second-order valence-corrected chi connectivity index (χ2v) is 5.03. The molecule has 8 heteroatoms. The van der Waals surface area contributed by atoms with Gasteiger partial charge in [-0.25, -0.2) is 0 Å². The number of amides is 2. The molecule has 2 amide bonds. The van der Waals surface area contributed by atoms with Crippen LogP contribution in [0.3, 0.4) is 0 Å². The molecule has 0 unspecified atom stereocenters. The van der Waals surface area contributed by atoms with E-state index in [1.54, 1.807) is 24.3 Å². The van der Waals surface area contributed by atoms with E-state index in [1.807, 2.05) is 0 Å². The zero-order valence-electron chi connectivity index (χ0n) is 13.5. The van der Waals surface area contributed by atoms with Crippen LogP contribution in [0.15, 0.2) is 42.5 Å². The van der Waals surface area contributed by atoms with Crippen LogP contribution in [-0.4, -0.2) is 25.2 Å². The Morgan fingerprint density at radius 1 is 1.04 bits per heavy atom. The molecule has 0 heterocycles. The van der Waals surface area contributed by atoms with Crippen molar-refractivity contribution in [1.29, 1.82) is 0 Å². The van der Waals surface area contributed by atoms with Gasteiger partial charge in [-0.2, -0.15) is 0 Å². The Morgan fingerprint density at radius 2 is 1.62 bits per heavy atom. The van der Waals surface area contributed by atoms with Crippen molar-refractivity contribution < 1.29 is 27.5 Å². The third kappa shape index (κ3) is 5.01. The molecule has 0 bridgehead atoms. The molecule has 0 aliphatic rings. The monoisotopic (exact) mass is 362 g/mol. The predicted octanol–water partition coefficient (Wildman–Crippen LogP) is 2.44. The maximum atomic E-state index is 12.3. The van der Waals surface area contributed by atoms with Gasteiger partial charge in [-0.15, -0.1) is 13.2 Å². The molecule has 0 saturated heterocycles. The van der Waals surface area contributed by atoms with Crippen LogP contribution in [0.5, 0.6) is 5.75 Å². The van der Waals surface area contributed by atoms with Crippen LogP contribution in [0.4, 0.5) is 13.2 Å². The number of hydrogen-bond acceptors (Lipinski definition) is 3. The summed E-state index contributed by atoms with van der Waals surface area (Å²) in [6, 6.07) is 9.78. The van der Waals surface area contributed by atoms with Gasteiger partial charge in [0.2, 0.25) is 0 Å². The summed E-state index contributed by atoms with van der Waals surface area (Å²) in [6.45, 7) is 0. The Hall–Kier alpha value is -3.47. The summed E-state index contributed by atoms with van der Waals surface area (Å²) >= 11 is 0. The van der Waals surface area contributed by atoms with Crippen molar-refractivity contribution in [2.45, 2.75) is 6.36 Å². The van der Waals surface area contributed by atoms with Crippen LogP contribution >= 0.6 is 0 Å². The van der Waals surface area contributed by atoms with E-state index in [0.29, 0.717) is 11.1 Å². The van der Waals surface area contributed by atoms with Crippen molar-refractivity contribution in [3.63, 3.8) is 0 Å². The number of carbonyl (C=O) groups excluding carboxylic acids is 2. The second kappa shape index (κ2) is 7.61. The average Bonchev–Trinajstić information content (AvgIpc) is 2.59. The highest BCUT2D eigenvalue weighted by Gasteiger charge is 2.32. The fourth-order valence-electron chi connectivity index (χ4n) is 2.01. The number of benzene rings is 2. The first kappa shape index (κ1) is 18.9. The van der Waals surface area contributed by atoms with Gasteiger partial charge in [-0.3, -0.25) is 9.59 Å². The molecule has 2 aromatic carbocycles. The van der Waals surface area contributed by atoms with Gasteiger partial charge < -0.3 is 15.8 Å². The molecule has 0 radical (unpaired) electrons. The van der Waals surface area contributed by atoms with Crippen LogP contribution in [-0.2, 0) is 0 Å². The highest BCUT2D eigenvalue weighted by atomic mass is 19.4. The van der Waals surface area contributed by atoms with Crippen molar-refractivity contribution in [3.05, 3.63) is 64.7 Å². The smallest absolute Gasteiger partial charge is 0.405 e. The Bertz CT molecular complexity index is 895. The maximum absolute atomic E-state index is 12.3. The number of primary amides is 1. The maximum Gasteiger partial charge on any atom is 0.573 e. The lowest BCUT2D eigenvalue weighted by Gasteiger charge is -2.11. The van der Waals surface area contributed by atoms with E-state index >= 15 is 0 Å². The zero-order valence-corrected chi connectivity index (χ0v) is 13.5. The van der Waals surface area contributed by atoms with Crippen molar-refractivity contribution >= 4 is 11.8 Å². The van der Waals surface area contributed by atoms with E-state index in [0.717, 1.165) is 12.1 Å². The van der Waals surface area contributed by atoms with E-state index in [1.165, 1.54) is 13.1 Å². The fourth-order valence-corrected chi connectivity index (χ4v) is 2.01. The largest absolute Gasteiger partial charge is 0.573 e. The number of nitrogens with one attached hydrogen (secondary N) is 1. The third-order valence-electron chi connectivity index (χ3n) is 3.20. The normalized spacial score (nSPS) is 10.5. The third-order valence-corrected chi connectivity index (χ3v) is 3.20. The quantitative estimate of drug-likeness (QED) is 0.823. The first-order valence-electron chi connectivity index (χ1n) is 7.23. The molecule has 2 rings (SSSR count). The average molecular weight is 362 g/mol. The van der Waals surface area contributed by atoms with Crippen molar-refractivity contribution in [2.75, 3.05) is 7.05 Å². The Morgan fingerprint density at radius 3 is 2.15 bits per heavy atom. The summed E-state index contributed by atoms with van der Waals surface area (Å²) in [6.07, 6.45) is -4.94. The molecule has 0 aliphatic heterocycles. The summed E-state index contributed by atoms with van der Waals surface area (Å²) in [4.78, 5) is 22.8. The first-order chi connectivity index (χ1) is 12.2. The molecule has 134 valence electrons. The summed E-state index contributed by atoms with van der Waals surface area (Å²) in [5, 5.41) is 2.49. The highest BCUT2D eigenvalue weighted by molar-refractivity contribution is 5.96. The minimum absolute atomic E-state index is 0.240. The lowest BCUT2D eigenvalue weighted by molar-refractivity contribution is -0.274. The van der Waals surface area contributed by atoms with E-state index in [2.05, 4.69) is 21.9 Å². The molecule has 3 N–H and O–H groups in total. The molecule has 0 saturated carbocycles. The van der Waals surface area contributed by atoms with Gasteiger partial charge in [0.25, 0.3) is 11.8 Å². The number of carbonyl (C=O) groups is 2. The number of ether oxygens (including phenoxy) is 1. The molecule has 2 aromatic rings. The Kier molecular flexibility index (Phi) is 5.52. The molecule has 26 heavy (non-hydrogen) atoms. The highest BCUT2D eigenvalue weighted by Crippen LogP contribution is 2.27. The molecule has 0 atom stereocenters. The fraction of sp³-hybridized carbons (Fsp3) is 0.111. The number of rotatable bonds is 3. The summed E-state index contributed by atoms with van der Waals surface area (Å²) in [5.74, 6) is 3.50. The molecule has 0 aliphatic carbocycles. The SMILES string of the molecule is CNC(=O)c1ccc(C#Cc2ccc(OC(F)(F)F)c(C(N)=O)c2)cc1. The van der Waals surface area contributed by atoms with Gasteiger partial charge in [0.05, 0.1) is 5.56 Å². The molecule has 0 spiro atoms.